The van der Waals surface area contributed by atoms with E-state index in [-0.39, 0.29) is 0 Å². The minimum atomic E-state index is 0.502. The molecule has 14 heavy (non-hydrogen) atoms. The van der Waals surface area contributed by atoms with Crippen LogP contribution in [0.5, 0.6) is 0 Å². The molecular formula is C12H15ClS. The predicted octanol–water partition coefficient (Wildman–Crippen LogP) is 4.83. The molecule has 0 amide bonds. The van der Waals surface area contributed by atoms with Gasteiger partial charge < -0.3 is 0 Å². The molecule has 0 saturated heterocycles. The zero-order valence-electron chi connectivity index (χ0n) is 8.80. The summed E-state index contributed by atoms with van der Waals surface area (Å²) in [5.74, 6) is 0.502. The summed E-state index contributed by atoms with van der Waals surface area (Å²) >= 11 is 7.85. The van der Waals surface area contributed by atoms with Gasteiger partial charge in [-0.2, -0.15) is 0 Å². The first-order chi connectivity index (χ1) is 6.60. The van der Waals surface area contributed by atoms with E-state index in [0.29, 0.717) is 5.92 Å². The van der Waals surface area contributed by atoms with E-state index in [1.165, 1.54) is 5.56 Å². The monoisotopic (exact) mass is 226 g/mol. The third-order valence-corrected chi connectivity index (χ3v) is 3.46. The Morgan fingerprint density at radius 3 is 2.50 bits per heavy atom. The Kier molecular flexibility index (Phi) is 4.09. The smallest absolute Gasteiger partial charge is 0.0550 e. The third kappa shape index (κ3) is 2.34. The molecule has 1 aromatic carbocycles. The van der Waals surface area contributed by atoms with E-state index in [9.17, 15) is 0 Å². The maximum absolute atomic E-state index is 6.19. The Balaban J connectivity index is 3.31. The van der Waals surface area contributed by atoms with Crippen molar-refractivity contribution in [2.24, 2.45) is 0 Å². The highest BCUT2D eigenvalue weighted by atomic mass is 35.5. The molecule has 0 nitrogen and oxygen atoms in total. The standard InChI is InChI=1S/C12H15ClS/c1-5-9-6-10(8(2)3)7-11(13)12(9)14-4/h5-8H,1H2,2-4H3. The number of hydrogen-bond donors (Lipinski definition) is 0. The van der Waals surface area contributed by atoms with Gasteiger partial charge in [0.15, 0.2) is 0 Å². The second-order valence-electron chi connectivity index (χ2n) is 3.48. The van der Waals surface area contributed by atoms with Crippen LogP contribution in [0.15, 0.2) is 23.6 Å². The van der Waals surface area contributed by atoms with Crippen molar-refractivity contribution in [3.63, 3.8) is 0 Å². The molecule has 0 unspecified atom stereocenters. The van der Waals surface area contributed by atoms with Crippen molar-refractivity contribution in [1.82, 2.24) is 0 Å². The van der Waals surface area contributed by atoms with Crippen LogP contribution in [0, 0.1) is 0 Å². The first-order valence-corrected chi connectivity index (χ1v) is 6.20. The molecule has 1 rings (SSSR count). The van der Waals surface area contributed by atoms with Gasteiger partial charge in [0.05, 0.1) is 5.02 Å². The van der Waals surface area contributed by atoms with Crippen molar-refractivity contribution in [2.75, 3.05) is 6.26 Å². The highest BCUT2D eigenvalue weighted by molar-refractivity contribution is 7.98. The van der Waals surface area contributed by atoms with Crippen molar-refractivity contribution < 1.29 is 0 Å². The van der Waals surface area contributed by atoms with Crippen molar-refractivity contribution in [3.8, 4) is 0 Å². The van der Waals surface area contributed by atoms with Gasteiger partial charge in [0.25, 0.3) is 0 Å². The molecule has 0 bridgehead atoms. The van der Waals surface area contributed by atoms with E-state index in [2.05, 4.69) is 26.5 Å². The van der Waals surface area contributed by atoms with Crippen LogP contribution in [-0.4, -0.2) is 6.26 Å². The summed E-state index contributed by atoms with van der Waals surface area (Å²) in [5.41, 5.74) is 2.40. The highest BCUT2D eigenvalue weighted by Gasteiger charge is 2.08. The molecule has 0 N–H and O–H groups in total. The average molecular weight is 227 g/mol. The minimum absolute atomic E-state index is 0.502. The maximum Gasteiger partial charge on any atom is 0.0550 e. The van der Waals surface area contributed by atoms with Gasteiger partial charge >= 0.3 is 0 Å². The highest BCUT2D eigenvalue weighted by Crippen LogP contribution is 2.33. The van der Waals surface area contributed by atoms with E-state index >= 15 is 0 Å². The second kappa shape index (κ2) is 4.90. The Bertz CT molecular complexity index is 342. The van der Waals surface area contributed by atoms with Crippen molar-refractivity contribution in [3.05, 3.63) is 34.9 Å². The lowest BCUT2D eigenvalue weighted by Crippen LogP contribution is -1.90. The van der Waals surface area contributed by atoms with Crippen LogP contribution in [0.4, 0.5) is 0 Å². The average Bonchev–Trinajstić information content (AvgIpc) is 2.16. The fourth-order valence-electron chi connectivity index (χ4n) is 1.34. The molecule has 76 valence electrons. The van der Waals surface area contributed by atoms with Gasteiger partial charge in [-0.05, 0) is 29.4 Å². The summed E-state index contributed by atoms with van der Waals surface area (Å²) in [5, 5.41) is 0.832. The molecule has 0 atom stereocenters. The zero-order valence-corrected chi connectivity index (χ0v) is 10.4. The Hall–Kier alpha value is -0.400. The van der Waals surface area contributed by atoms with Crippen LogP contribution in [0.1, 0.15) is 30.9 Å². The lowest BCUT2D eigenvalue weighted by Gasteiger charge is -2.11. The van der Waals surface area contributed by atoms with Crippen LogP contribution < -0.4 is 0 Å². The van der Waals surface area contributed by atoms with Gasteiger partial charge in [-0.1, -0.05) is 44.2 Å². The number of rotatable bonds is 3. The summed E-state index contributed by atoms with van der Waals surface area (Å²) in [6, 6.07) is 4.21. The van der Waals surface area contributed by atoms with E-state index in [1.54, 1.807) is 11.8 Å². The lowest BCUT2D eigenvalue weighted by molar-refractivity contribution is 0.864. The largest absolute Gasteiger partial charge is 0.127 e. The molecule has 0 radical (unpaired) electrons. The SMILES string of the molecule is C=Cc1cc(C(C)C)cc(Cl)c1SC. The van der Waals surface area contributed by atoms with E-state index in [4.69, 9.17) is 11.6 Å². The van der Waals surface area contributed by atoms with Gasteiger partial charge in [0, 0.05) is 4.90 Å². The quantitative estimate of drug-likeness (QED) is 0.666. The van der Waals surface area contributed by atoms with Crippen LogP contribution in [0.2, 0.25) is 5.02 Å². The molecule has 1 aromatic rings. The lowest BCUT2D eigenvalue weighted by atomic mass is 10.0. The molecule has 0 aliphatic heterocycles. The third-order valence-electron chi connectivity index (χ3n) is 2.19. The van der Waals surface area contributed by atoms with Crippen molar-refractivity contribution in [1.29, 1.82) is 0 Å². The molecule has 0 aromatic heterocycles. The first-order valence-electron chi connectivity index (χ1n) is 4.60. The molecule has 0 aliphatic rings. The number of thioether (sulfide) groups is 1. The number of benzene rings is 1. The molecule has 0 aliphatic carbocycles. The second-order valence-corrected chi connectivity index (χ2v) is 4.71. The van der Waals surface area contributed by atoms with Gasteiger partial charge in [-0.15, -0.1) is 11.8 Å². The summed E-state index contributed by atoms with van der Waals surface area (Å²) in [6.45, 7) is 8.14. The normalized spacial score (nSPS) is 10.6. The summed E-state index contributed by atoms with van der Waals surface area (Å²) in [6.07, 6.45) is 3.90. The van der Waals surface area contributed by atoms with E-state index in [1.807, 2.05) is 18.4 Å². The van der Waals surface area contributed by atoms with Crippen molar-refractivity contribution in [2.45, 2.75) is 24.7 Å². The van der Waals surface area contributed by atoms with Crippen LogP contribution in [0.25, 0.3) is 6.08 Å². The van der Waals surface area contributed by atoms with Crippen LogP contribution >= 0.6 is 23.4 Å². The fourth-order valence-corrected chi connectivity index (χ4v) is 2.44. The molecule has 2 heteroatoms. The summed E-state index contributed by atoms with van der Waals surface area (Å²) in [4.78, 5) is 1.12. The molecule has 0 spiro atoms. The first kappa shape index (κ1) is 11.7. The summed E-state index contributed by atoms with van der Waals surface area (Å²) in [7, 11) is 0. The molecule has 0 fully saturated rings. The van der Waals surface area contributed by atoms with Gasteiger partial charge in [-0.25, -0.2) is 0 Å². The Morgan fingerprint density at radius 2 is 2.07 bits per heavy atom. The Morgan fingerprint density at radius 1 is 1.43 bits per heavy atom. The van der Waals surface area contributed by atoms with Gasteiger partial charge in [0.1, 0.15) is 0 Å². The zero-order chi connectivity index (χ0) is 10.7. The predicted molar refractivity (Wildman–Crippen MR) is 67.4 cm³/mol. The molecular weight excluding hydrogens is 212 g/mol. The van der Waals surface area contributed by atoms with Crippen LogP contribution in [0.3, 0.4) is 0 Å². The number of halogens is 1. The maximum atomic E-state index is 6.19. The van der Waals surface area contributed by atoms with E-state index in [0.717, 1.165) is 15.5 Å². The topological polar surface area (TPSA) is 0 Å². The van der Waals surface area contributed by atoms with Crippen molar-refractivity contribution >= 4 is 29.4 Å². The van der Waals surface area contributed by atoms with Crippen LogP contribution in [-0.2, 0) is 0 Å². The van der Waals surface area contributed by atoms with Gasteiger partial charge in [0.2, 0.25) is 0 Å². The Labute approximate surface area is 95.4 Å². The van der Waals surface area contributed by atoms with Gasteiger partial charge in [-0.3, -0.25) is 0 Å². The fraction of sp³-hybridized carbons (Fsp3) is 0.333. The minimum Gasteiger partial charge on any atom is -0.127 e. The number of hydrogen-bond acceptors (Lipinski definition) is 1. The molecule has 0 heterocycles. The van der Waals surface area contributed by atoms with E-state index < -0.39 is 0 Å². The summed E-state index contributed by atoms with van der Waals surface area (Å²) < 4.78 is 0. The molecule has 0 saturated carbocycles.